The minimum atomic E-state index is -0.371. The summed E-state index contributed by atoms with van der Waals surface area (Å²) in [5.41, 5.74) is 4.03. The number of hydrogen-bond acceptors (Lipinski definition) is 4. The highest BCUT2D eigenvalue weighted by Gasteiger charge is 2.02. The lowest BCUT2D eigenvalue weighted by Gasteiger charge is -1.97. The Morgan fingerprint density at radius 3 is 2.95 bits per heavy atom. The van der Waals surface area contributed by atoms with Gasteiger partial charge in [-0.2, -0.15) is 5.10 Å². The fourth-order valence-corrected chi connectivity index (χ4v) is 2.69. The van der Waals surface area contributed by atoms with Crippen LogP contribution in [0, 0.1) is 5.82 Å². The molecule has 0 radical (unpaired) electrons. The molecule has 0 atom stereocenters. The third-order valence-electron chi connectivity index (χ3n) is 2.62. The van der Waals surface area contributed by atoms with E-state index in [0.29, 0.717) is 15.7 Å². The van der Waals surface area contributed by atoms with Gasteiger partial charge in [-0.1, -0.05) is 35.1 Å². The molecule has 1 N–H and O–H groups in total. The van der Waals surface area contributed by atoms with Crippen LogP contribution in [0.1, 0.15) is 5.56 Å². The zero-order chi connectivity index (χ0) is 13.9. The maximum Gasteiger partial charge on any atom is 0.204 e. The molecule has 6 heteroatoms. The Kier molecular flexibility index (Phi) is 3.62. The van der Waals surface area contributed by atoms with Crippen molar-refractivity contribution < 1.29 is 4.39 Å². The molecular formula is C14H9ClFN3S. The van der Waals surface area contributed by atoms with Crippen LogP contribution in [0.25, 0.3) is 10.2 Å². The highest BCUT2D eigenvalue weighted by Crippen LogP contribution is 2.25. The lowest BCUT2D eigenvalue weighted by atomic mass is 10.2. The number of hydrogen-bond donors (Lipinski definition) is 1. The Balaban J connectivity index is 1.78. The highest BCUT2D eigenvalue weighted by atomic mass is 35.5. The number of anilines is 1. The first kappa shape index (κ1) is 13.0. The van der Waals surface area contributed by atoms with E-state index in [4.69, 9.17) is 11.6 Å². The Morgan fingerprint density at radius 2 is 2.10 bits per heavy atom. The molecule has 0 fully saturated rings. The number of nitrogens with zero attached hydrogens (tertiary/aromatic N) is 2. The third kappa shape index (κ3) is 2.79. The second-order valence-electron chi connectivity index (χ2n) is 4.02. The molecule has 0 aliphatic heterocycles. The summed E-state index contributed by atoms with van der Waals surface area (Å²) in [5, 5.41) is 5.11. The van der Waals surface area contributed by atoms with Crippen molar-refractivity contribution in [3.8, 4) is 0 Å². The third-order valence-corrected chi connectivity index (χ3v) is 3.79. The molecule has 3 rings (SSSR count). The SMILES string of the molecule is Fc1ccc(Cl)cc1/C=N\Nc1nc2ccccc2s1. The summed E-state index contributed by atoms with van der Waals surface area (Å²) in [6, 6.07) is 12.1. The molecule has 0 aliphatic rings. The summed E-state index contributed by atoms with van der Waals surface area (Å²) in [6.45, 7) is 0. The predicted molar refractivity (Wildman–Crippen MR) is 82.2 cm³/mol. The van der Waals surface area contributed by atoms with Gasteiger partial charge in [0.2, 0.25) is 5.13 Å². The average molecular weight is 306 g/mol. The van der Waals surface area contributed by atoms with E-state index in [9.17, 15) is 4.39 Å². The highest BCUT2D eigenvalue weighted by molar-refractivity contribution is 7.22. The molecule has 2 aromatic carbocycles. The summed E-state index contributed by atoms with van der Waals surface area (Å²) < 4.78 is 14.5. The number of aromatic nitrogens is 1. The van der Waals surface area contributed by atoms with Crippen LogP contribution >= 0.6 is 22.9 Å². The van der Waals surface area contributed by atoms with Crippen molar-refractivity contribution in [2.45, 2.75) is 0 Å². The van der Waals surface area contributed by atoms with E-state index in [1.807, 2.05) is 24.3 Å². The van der Waals surface area contributed by atoms with E-state index >= 15 is 0 Å². The minimum Gasteiger partial charge on any atom is -0.253 e. The smallest absolute Gasteiger partial charge is 0.204 e. The molecule has 0 spiro atoms. The summed E-state index contributed by atoms with van der Waals surface area (Å²) in [4.78, 5) is 4.36. The average Bonchev–Trinajstić information content (AvgIpc) is 2.85. The Morgan fingerprint density at radius 1 is 1.25 bits per heavy atom. The molecule has 0 saturated carbocycles. The largest absolute Gasteiger partial charge is 0.253 e. The van der Waals surface area contributed by atoms with E-state index in [0.717, 1.165) is 10.2 Å². The van der Waals surface area contributed by atoms with Gasteiger partial charge in [-0.15, -0.1) is 0 Å². The van der Waals surface area contributed by atoms with Crippen molar-refractivity contribution >= 4 is 44.5 Å². The quantitative estimate of drug-likeness (QED) is 0.570. The number of halogens is 2. The maximum absolute atomic E-state index is 13.5. The molecule has 1 aromatic heterocycles. The van der Waals surface area contributed by atoms with Crippen molar-refractivity contribution in [3.05, 3.63) is 58.9 Å². The molecule has 0 bridgehead atoms. The van der Waals surface area contributed by atoms with Gasteiger partial charge in [0.25, 0.3) is 0 Å². The van der Waals surface area contributed by atoms with Crippen molar-refractivity contribution in [1.82, 2.24) is 4.98 Å². The van der Waals surface area contributed by atoms with Crippen LogP contribution in [0.3, 0.4) is 0 Å². The summed E-state index contributed by atoms with van der Waals surface area (Å²) in [5.74, 6) is -0.371. The lowest BCUT2D eigenvalue weighted by molar-refractivity contribution is 0.626. The molecule has 3 aromatic rings. The summed E-state index contributed by atoms with van der Waals surface area (Å²) in [6.07, 6.45) is 1.38. The van der Waals surface area contributed by atoms with E-state index in [2.05, 4.69) is 15.5 Å². The first-order valence-electron chi connectivity index (χ1n) is 5.82. The lowest BCUT2D eigenvalue weighted by Crippen LogP contribution is -1.92. The van der Waals surface area contributed by atoms with Crippen molar-refractivity contribution in [2.24, 2.45) is 5.10 Å². The van der Waals surface area contributed by atoms with Gasteiger partial charge in [0.15, 0.2) is 0 Å². The fraction of sp³-hybridized carbons (Fsp3) is 0. The number of nitrogens with one attached hydrogen (secondary N) is 1. The summed E-state index contributed by atoms with van der Waals surface area (Å²) in [7, 11) is 0. The van der Waals surface area contributed by atoms with Crippen molar-refractivity contribution in [3.63, 3.8) is 0 Å². The van der Waals surface area contributed by atoms with Gasteiger partial charge in [-0.05, 0) is 30.3 Å². The number of fused-ring (bicyclic) bond motifs is 1. The number of thiazole rings is 1. The first-order valence-corrected chi connectivity index (χ1v) is 7.01. The van der Waals surface area contributed by atoms with Crippen LogP contribution in [0.2, 0.25) is 5.02 Å². The van der Waals surface area contributed by atoms with Gasteiger partial charge in [0, 0.05) is 10.6 Å². The zero-order valence-electron chi connectivity index (χ0n) is 10.2. The van der Waals surface area contributed by atoms with Crippen molar-refractivity contribution in [1.29, 1.82) is 0 Å². The fourth-order valence-electron chi connectivity index (χ4n) is 1.69. The van der Waals surface area contributed by atoms with Crippen LogP contribution in [-0.4, -0.2) is 11.2 Å². The van der Waals surface area contributed by atoms with Crippen LogP contribution in [0.5, 0.6) is 0 Å². The van der Waals surface area contributed by atoms with E-state index in [-0.39, 0.29) is 5.82 Å². The van der Waals surface area contributed by atoms with E-state index in [1.165, 1.54) is 35.8 Å². The van der Waals surface area contributed by atoms with Gasteiger partial charge < -0.3 is 0 Å². The second-order valence-corrected chi connectivity index (χ2v) is 5.49. The predicted octanol–water partition coefficient (Wildman–Crippen LogP) is 4.53. The topological polar surface area (TPSA) is 37.3 Å². The molecule has 100 valence electrons. The van der Waals surface area contributed by atoms with Gasteiger partial charge in [-0.25, -0.2) is 9.37 Å². The van der Waals surface area contributed by atoms with Crippen LogP contribution in [0.4, 0.5) is 9.52 Å². The normalized spacial score (nSPS) is 11.3. The standard InChI is InChI=1S/C14H9ClFN3S/c15-10-5-6-11(16)9(7-10)8-17-19-14-18-12-3-1-2-4-13(12)20-14/h1-8H,(H,18,19)/b17-8-. The second kappa shape index (κ2) is 5.56. The molecule has 0 amide bonds. The molecule has 0 unspecified atom stereocenters. The molecule has 0 saturated heterocycles. The van der Waals surface area contributed by atoms with Gasteiger partial charge in [0.1, 0.15) is 5.82 Å². The molecule has 0 aliphatic carbocycles. The zero-order valence-corrected chi connectivity index (χ0v) is 11.7. The van der Waals surface area contributed by atoms with Crippen LogP contribution in [-0.2, 0) is 0 Å². The Bertz CT molecular complexity index is 752. The number of hydrazone groups is 1. The van der Waals surface area contributed by atoms with Gasteiger partial charge >= 0.3 is 0 Å². The molecule has 1 heterocycles. The molecule has 3 nitrogen and oxygen atoms in total. The first-order chi connectivity index (χ1) is 9.72. The number of benzene rings is 2. The molecular weight excluding hydrogens is 297 g/mol. The number of para-hydroxylation sites is 1. The maximum atomic E-state index is 13.5. The monoisotopic (exact) mass is 305 g/mol. The Hall–Kier alpha value is -1.98. The van der Waals surface area contributed by atoms with Crippen LogP contribution in [0.15, 0.2) is 47.6 Å². The van der Waals surface area contributed by atoms with Gasteiger partial charge in [0.05, 0.1) is 16.4 Å². The number of rotatable bonds is 3. The Labute approximate surface area is 123 Å². The van der Waals surface area contributed by atoms with Crippen LogP contribution < -0.4 is 5.43 Å². The summed E-state index contributed by atoms with van der Waals surface area (Å²) >= 11 is 7.29. The minimum absolute atomic E-state index is 0.325. The van der Waals surface area contributed by atoms with E-state index in [1.54, 1.807) is 0 Å². The van der Waals surface area contributed by atoms with Crippen molar-refractivity contribution in [2.75, 3.05) is 5.43 Å². The molecule has 20 heavy (non-hydrogen) atoms. The van der Waals surface area contributed by atoms with Gasteiger partial charge in [-0.3, -0.25) is 5.43 Å². The van der Waals surface area contributed by atoms with E-state index < -0.39 is 0 Å².